The molecule has 0 fully saturated rings. The Hall–Kier alpha value is -2.29. The highest BCUT2D eigenvalue weighted by atomic mass is 35.5. The van der Waals surface area contributed by atoms with Gasteiger partial charge >= 0.3 is 0 Å². The first kappa shape index (κ1) is 28.0. The van der Waals surface area contributed by atoms with Crippen molar-refractivity contribution >= 4 is 50.7 Å². The van der Waals surface area contributed by atoms with Crippen LogP contribution in [0.5, 0.6) is 0 Å². The Bertz CT molecular complexity index is 1110. The van der Waals surface area contributed by atoms with E-state index in [2.05, 4.69) is 5.32 Å². The molecule has 2 aromatic rings. The summed E-state index contributed by atoms with van der Waals surface area (Å²) >= 11 is 12.2. The van der Waals surface area contributed by atoms with Crippen LogP contribution in [0.25, 0.3) is 0 Å². The molecule has 1 unspecified atom stereocenters. The molecule has 0 aliphatic rings. The average molecular weight is 529 g/mol. The van der Waals surface area contributed by atoms with Gasteiger partial charge in [-0.25, -0.2) is 8.42 Å². The molecular weight excluding hydrogens is 497 g/mol. The number of anilines is 1. The lowest BCUT2D eigenvalue weighted by Gasteiger charge is -2.32. The SMILES string of the molecule is CCCCNC(=O)C(C)N(Cc1ccc(Cl)cc1)C(=O)CN(c1cccc(Cl)c1C)S(C)(=O)=O. The molecule has 7 nitrogen and oxygen atoms in total. The zero-order valence-electron chi connectivity index (χ0n) is 19.8. The van der Waals surface area contributed by atoms with Crippen LogP contribution < -0.4 is 9.62 Å². The van der Waals surface area contributed by atoms with Crippen molar-refractivity contribution in [1.82, 2.24) is 10.2 Å². The number of amides is 2. The smallest absolute Gasteiger partial charge is 0.244 e. The highest BCUT2D eigenvalue weighted by Crippen LogP contribution is 2.28. The van der Waals surface area contributed by atoms with E-state index in [1.54, 1.807) is 56.3 Å². The number of benzene rings is 2. The van der Waals surface area contributed by atoms with Crippen LogP contribution in [0.3, 0.4) is 0 Å². The van der Waals surface area contributed by atoms with Crippen molar-refractivity contribution in [2.45, 2.75) is 46.2 Å². The Morgan fingerprint density at radius 3 is 2.32 bits per heavy atom. The Kier molecular flexibility index (Phi) is 10.2. The molecule has 34 heavy (non-hydrogen) atoms. The van der Waals surface area contributed by atoms with Gasteiger partial charge in [-0.15, -0.1) is 0 Å². The molecule has 0 saturated heterocycles. The number of carbonyl (C=O) groups excluding carboxylic acids is 2. The fraction of sp³-hybridized carbons (Fsp3) is 0.417. The van der Waals surface area contributed by atoms with Crippen molar-refractivity contribution in [3.05, 3.63) is 63.6 Å². The van der Waals surface area contributed by atoms with Crippen molar-refractivity contribution in [2.75, 3.05) is 23.7 Å². The third-order valence-corrected chi connectivity index (χ3v) is 7.24. The number of hydrogen-bond acceptors (Lipinski definition) is 4. The fourth-order valence-electron chi connectivity index (χ4n) is 3.37. The number of carbonyl (C=O) groups is 2. The first-order chi connectivity index (χ1) is 16.0. The summed E-state index contributed by atoms with van der Waals surface area (Å²) in [6.45, 7) is 5.48. The summed E-state index contributed by atoms with van der Waals surface area (Å²) < 4.78 is 26.3. The lowest BCUT2D eigenvalue weighted by Crippen LogP contribution is -2.51. The van der Waals surface area contributed by atoms with Crippen molar-refractivity contribution in [1.29, 1.82) is 0 Å². The predicted molar refractivity (Wildman–Crippen MR) is 138 cm³/mol. The predicted octanol–water partition coefficient (Wildman–Crippen LogP) is 4.40. The van der Waals surface area contributed by atoms with E-state index in [-0.39, 0.29) is 12.5 Å². The molecule has 2 aromatic carbocycles. The van der Waals surface area contributed by atoms with E-state index in [1.807, 2.05) is 6.92 Å². The van der Waals surface area contributed by atoms with E-state index in [9.17, 15) is 18.0 Å². The Labute approximate surface area is 212 Å². The van der Waals surface area contributed by atoms with Gasteiger partial charge in [0.25, 0.3) is 0 Å². The highest BCUT2D eigenvalue weighted by molar-refractivity contribution is 7.92. The number of unbranched alkanes of at least 4 members (excludes halogenated alkanes) is 1. The van der Waals surface area contributed by atoms with Crippen LogP contribution >= 0.6 is 23.2 Å². The van der Waals surface area contributed by atoms with Gasteiger partial charge < -0.3 is 10.2 Å². The van der Waals surface area contributed by atoms with Gasteiger partial charge in [-0.3, -0.25) is 13.9 Å². The van der Waals surface area contributed by atoms with Crippen LogP contribution in [0.4, 0.5) is 5.69 Å². The molecule has 2 amide bonds. The maximum Gasteiger partial charge on any atom is 0.244 e. The minimum Gasteiger partial charge on any atom is -0.354 e. The maximum atomic E-state index is 13.5. The lowest BCUT2D eigenvalue weighted by atomic mass is 10.1. The zero-order chi connectivity index (χ0) is 25.5. The molecule has 0 aromatic heterocycles. The molecule has 2 rings (SSSR count). The molecule has 1 N–H and O–H groups in total. The van der Waals surface area contributed by atoms with E-state index in [0.717, 1.165) is 29.0 Å². The van der Waals surface area contributed by atoms with Crippen LogP contribution in [0, 0.1) is 6.92 Å². The Morgan fingerprint density at radius 1 is 1.09 bits per heavy atom. The van der Waals surface area contributed by atoms with Gasteiger partial charge in [-0.2, -0.15) is 0 Å². The maximum absolute atomic E-state index is 13.5. The molecule has 186 valence electrons. The van der Waals surface area contributed by atoms with Crippen LogP contribution in [0.1, 0.15) is 37.8 Å². The molecule has 0 heterocycles. The van der Waals surface area contributed by atoms with Crippen LogP contribution in [0.2, 0.25) is 10.0 Å². The lowest BCUT2D eigenvalue weighted by molar-refractivity contribution is -0.139. The van der Waals surface area contributed by atoms with Crippen LogP contribution in [0.15, 0.2) is 42.5 Å². The minimum atomic E-state index is -3.82. The average Bonchev–Trinajstić information content (AvgIpc) is 2.78. The van der Waals surface area contributed by atoms with E-state index in [1.165, 1.54) is 4.90 Å². The molecule has 10 heteroatoms. The van der Waals surface area contributed by atoms with E-state index < -0.39 is 28.5 Å². The summed E-state index contributed by atoms with van der Waals surface area (Å²) in [5.41, 5.74) is 1.61. The van der Waals surface area contributed by atoms with Gasteiger partial charge in [-0.05, 0) is 55.7 Å². The normalized spacial score (nSPS) is 12.2. The largest absolute Gasteiger partial charge is 0.354 e. The van der Waals surface area contributed by atoms with Gasteiger partial charge in [0, 0.05) is 23.1 Å². The molecule has 0 aliphatic carbocycles. The fourth-order valence-corrected chi connectivity index (χ4v) is 4.56. The Balaban J connectivity index is 2.38. The summed E-state index contributed by atoms with van der Waals surface area (Å²) in [7, 11) is -3.82. The van der Waals surface area contributed by atoms with Crippen molar-refractivity contribution in [3.63, 3.8) is 0 Å². The third-order valence-electron chi connectivity index (χ3n) is 5.45. The second-order valence-corrected chi connectivity index (χ2v) is 10.9. The molecule has 0 bridgehead atoms. The van der Waals surface area contributed by atoms with E-state index in [4.69, 9.17) is 23.2 Å². The van der Waals surface area contributed by atoms with Gasteiger partial charge in [0.2, 0.25) is 21.8 Å². The molecule has 1 atom stereocenters. The third kappa shape index (κ3) is 7.61. The van der Waals surface area contributed by atoms with Crippen LogP contribution in [-0.4, -0.2) is 50.5 Å². The first-order valence-corrected chi connectivity index (χ1v) is 13.6. The Morgan fingerprint density at radius 2 is 1.74 bits per heavy atom. The number of rotatable bonds is 11. The van der Waals surface area contributed by atoms with Gasteiger partial charge in [0.15, 0.2) is 0 Å². The summed E-state index contributed by atoms with van der Waals surface area (Å²) in [6, 6.07) is 11.0. The number of nitrogens with zero attached hydrogens (tertiary/aromatic N) is 2. The van der Waals surface area contributed by atoms with Crippen LogP contribution in [-0.2, 0) is 26.2 Å². The monoisotopic (exact) mass is 527 g/mol. The summed E-state index contributed by atoms with van der Waals surface area (Å²) in [5.74, 6) is -0.821. The zero-order valence-corrected chi connectivity index (χ0v) is 22.2. The van der Waals surface area contributed by atoms with Gasteiger partial charge in [0.05, 0.1) is 11.9 Å². The summed E-state index contributed by atoms with van der Waals surface area (Å²) in [4.78, 5) is 27.7. The highest BCUT2D eigenvalue weighted by Gasteiger charge is 2.30. The van der Waals surface area contributed by atoms with E-state index >= 15 is 0 Å². The number of hydrogen-bond donors (Lipinski definition) is 1. The quantitative estimate of drug-likeness (QED) is 0.438. The van der Waals surface area contributed by atoms with Gasteiger partial charge in [-0.1, -0.05) is 54.7 Å². The number of sulfonamides is 1. The molecule has 0 saturated carbocycles. The topological polar surface area (TPSA) is 86.8 Å². The molecule has 0 spiro atoms. The second kappa shape index (κ2) is 12.4. The summed E-state index contributed by atoms with van der Waals surface area (Å²) in [6.07, 6.45) is 2.77. The summed E-state index contributed by atoms with van der Waals surface area (Å²) in [5, 5.41) is 3.78. The van der Waals surface area contributed by atoms with Crippen molar-refractivity contribution in [3.8, 4) is 0 Å². The standard InChI is InChI=1S/C24H31Cl2N3O4S/c1-5-6-14-27-24(31)18(3)28(15-19-10-12-20(25)13-11-19)23(30)16-29(34(4,32)33)22-9-7-8-21(26)17(22)2/h7-13,18H,5-6,14-16H2,1-4H3,(H,27,31). The van der Waals surface area contributed by atoms with Crippen molar-refractivity contribution < 1.29 is 18.0 Å². The molecule has 0 radical (unpaired) electrons. The molecule has 0 aliphatic heterocycles. The van der Waals surface area contributed by atoms with E-state index in [0.29, 0.717) is 27.8 Å². The minimum absolute atomic E-state index is 0.116. The number of halogens is 2. The first-order valence-electron chi connectivity index (χ1n) is 11.0. The number of nitrogens with one attached hydrogen (secondary N) is 1. The van der Waals surface area contributed by atoms with Gasteiger partial charge in [0.1, 0.15) is 12.6 Å². The second-order valence-electron chi connectivity index (χ2n) is 8.12. The van der Waals surface area contributed by atoms with Crippen molar-refractivity contribution in [2.24, 2.45) is 0 Å². The molecular formula is C24H31Cl2N3O4S.